The molecule has 0 radical (unpaired) electrons. The maximum absolute atomic E-state index is 12.0. The molecule has 3 nitrogen and oxygen atoms in total. The molecule has 2 atom stereocenters. The molecule has 96 valence electrons. The van der Waals surface area contributed by atoms with Crippen molar-refractivity contribution in [2.24, 2.45) is 11.8 Å². The summed E-state index contributed by atoms with van der Waals surface area (Å²) in [5.41, 5.74) is 0. The van der Waals surface area contributed by atoms with Gasteiger partial charge in [-0.2, -0.15) is 0 Å². The van der Waals surface area contributed by atoms with E-state index in [0.29, 0.717) is 19.3 Å². The molecule has 17 heavy (non-hydrogen) atoms. The van der Waals surface area contributed by atoms with Crippen LogP contribution in [0.1, 0.15) is 51.4 Å². The predicted octanol–water partition coefficient (Wildman–Crippen LogP) is 2.39. The first kappa shape index (κ1) is 12.6. The lowest BCUT2D eigenvalue weighted by Gasteiger charge is -2.41. The maximum Gasteiger partial charge on any atom is 0.222 e. The standard InChI is InChI=1S/C14H23NO2/c16-10-4-3-7-14(17)15-9-8-12-5-1-2-6-13(12)11-15/h10,12-13H,1-9,11H2. The summed E-state index contributed by atoms with van der Waals surface area (Å²) in [4.78, 5) is 24.2. The number of hydrogen-bond donors (Lipinski definition) is 0. The summed E-state index contributed by atoms with van der Waals surface area (Å²) < 4.78 is 0. The number of nitrogens with zero attached hydrogens (tertiary/aromatic N) is 1. The lowest BCUT2D eigenvalue weighted by atomic mass is 9.75. The lowest BCUT2D eigenvalue weighted by Crippen LogP contribution is -2.44. The highest BCUT2D eigenvalue weighted by Crippen LogP contribution is 2.36. The SMILES string of the molecule is O=CCCCC(=O)N1CCC2CCCCC2C1. The Bertz CT molecular complexity index is 277. The van der Waals surface area contributed by atoms with Gasteiger partial charge in [-0.15, -0.1) is 0 Å². The van der Waals surface area contributed by atoms with Crippen molar-refractivity contribution in [2.75, 3.05) is 13.1 Å². The van der Waals surface area contributed by atoms with E-state index in [9.17, 15) is 9.59 Å². The topological polar surface area (TPSA) is 37.4 Å². The predicted molar refractivity (Wildman–Crippen MR) is 66.6 cm³/mol. The van der Waals surface area contributed by atoms with Crippen LogP contribution >= 0.6 is 0 Å². The van der Waals surface area contributed by atoms with Gasteiger partial charge in [0.2, 0.25) is 5.91 Å². The average Bonchev–Trinajstić information content (AvgIpc) is 2.38. The fourth-order valence-corrected chi connectivity index (χ4v) is 3.32. The van der Waals surface area contributed by atoms with Gasteiger partial charge < -0.3 is 9.69 Å². The van der Waals surface area contributed by atoms with Crippen LogP contribution in [0.5, 0.6) is 0 Å². The largest absolute Gasteiger partial charge is 0.342 e. The second-order valence-corrected chi connectivity index (χ2v) is 5.49. The first-order valence-corrected chi connectivity index (χ1v) is 7.02. The molecule has 2 fully saturated rings. The first-order valence-electron chi connectivity index (χ1n) is 7.02. The van der Waals surface area contributed by atoms with Crippen LogP contribution in [0.4, 0.5) is 0 Å². The summed E-state index contributed by atoms with van der Waals surface area (Å²) in [5, 5.41) is 0. The Morgan fingerprint density at radius 2 is 1.94 bits per heavy atom. The minimum absolute atomic E-state index is 0.260. The smallest absolute Gasteiger partial charge is 0.222 e. The number of carbonyl (C=O) groups excluding carboxylic acids is 2. The van der Waals surface area contributed by atoms with E-state index in [-0.39, 0.29) is 5.91 Å². The highest BCUT2D eigenvalue weighted by Gasteiger charge is 2.32. The Kier molecular flexibility index (Phi) is 4.57. The normalized spacial score (nSPS) is 28.6. The second-order valence-electron chi connectivity index (χ2n) is 5.49. The minimum atomic E-state index is 0.260. The van der Waals surface area contributed by atoms with Crippen LogP contribution in [0.2, 0.25) is 0 Å². The molecule has 1 aliphatic carbocycles. The minimum Gasteiger partial charge on any atom is -0.342 e. The number of carbonyl (C=O) groups is 2. The zero-order chi connectivity index (χ0) is 12.1. The van der Waals surface area contributed by atoms with Gasteiger partial charge in [0.15, 0.2) is 0 Å². The van der Waals surface area contributed by atoms with Crippen LogP contribution in [0.15, 0.2) is 0 Å². The van der Waals surface area contributed by atoms with Crippen LogP contribution < -0.4 is 0 Å². The molecule has 2 rings (SSSR count). The highest BCUT2D eigenvalue weighted by atomic mass is 16.2. The molecule has 2 unspecified atom stereocenters. The van der Waals surface area contributed by atoms with Gasteiger partial charge in [-0.05, 0) is 31.1 Å². The van der Waals surface area contributed by atoms with E-state index in [1.165, 1.54) is 32.1 Å². The van der Waals surface area contributed by atoms with Crippen LogP contribution in [-0.2, 0) is 9.59 Å². The van der Waals surface area contributed by atoms with Crippen LogP contribution in [0, 0.1) is 11.8 Å². The summed E-state index contributed by atoms with van der Waals surface area (Å²) in [5.74, 6) is 1.89. The van der Waals surface area contributed by atoms with Crippen LogP contribution in [-0.4, -0.2) is 30.2 Å². The molecule has 1 aliphatic heterocycles. The molecule has 0 aromatic rings. The lowest BCUT2D eigenvalue weighted by molar-refractivity contribution is -0.134. The molecule has 0 bridgehead atoms. The Labute approximate surface area is 104 Å². The van der Waals surface area contributed by atoms with Crippen molar-refractivity contribution < 1.29 is 9.59 Å². The number of piperidine rings is 1. The van der Waals surface area contributed by atoms with Crippen molar-refractivity contribution in [3.8, 4) is 0 Å². The number of aldehydes is 1. The molecular weight excluding hydrogens is 214 g/mol. The molecule has 1 saturated heterocycles. The second kappa shape index (κ2) is 6.18. The van der Waals surface area contributed by atoms with E-state index >= 15 is 0 Å². The number of unbranched alkanes of at least 4 members (excludes halogenated alkanes) is 1. The van der Waals surface area contributed by atoms with Crippen molar-refractivity contribution in [1.82, 2.24) is 4.90 Å². The fourth-order valence-electron chi connectivity index (χ4n) is 3.32. The van der Waals surface area contributed by atoms with Crippen molar-refractivity contribution in [3.63, 3.8) is 0 Å². The molecule has 3 heteroatoms. The quantitative estimate of drug-likeness (QED) is 0.556. The number of likely N-dealkylation sites (tertiary alicyclic amines) is 1. The van der Waals surface area contributed by atoms with E-state index in [4.69, 9.17) is 0 Å². The van der Waals surface area contributed by atoms with Gasteiger partial charge >= 0.3 is 0 Å². The van der Waals surface area contributed by atoms with Gasteiger partial charge in [-0.1, -0.05) is 19.3 Å². The van der Waals surface area contributed by atoms with Gasteiger partial charge in [0.05, 0.1) is 0 Å². The fraction of sp³-hybridized carbons (Fsp3) is 0.857. The Morgan fingerprint density at radius 3 is 2.71 bits per heavy atom. The van der Waals surface area contributed by atoms with E-state index in [1.54, 1.807) is 0 Å². The Balaban J connectivity index is 1.78. The van der Waals surface area contributed by atoms with E-state index in [1.807, 2.05) is 4.90 Å². The zero-order valence-electron chi connectivity index (χ0n) is 10.6. The number of fused-ring (bicyclic) bond motifs is 1. The number of amides is 1. The van der Waals surface area contributed by atoms with E-state index in [0.717, 1.165) is 31.2 Å². The van der Waals surface area contributed by atoms with Crippen LogP contribution in [0.25, 0.3) is 0 Å². The summed E-state index contributed by atoms with van der Waals surface area (Å²) in [6.07, 6.45) is 9.29. The summed E-state index contributed by atoms with van der Waals surface area (Å²) in [6, 6.07) is 0. The summed E-state index contributed by atoms with van der Waals surface area (Å²) in [7, 11) is 0. The van der Waals surface area contributed by atoms with Crippen molar-refractivity contribution in [2.45, 2.75) is 51.4 Å². The van der Waals surface area contributed by atoms with Crippen LogP contribution in [0.3, 0.4) is 0 Å². The summed E-state index contributed by atoms with van der Waals surface area (Å²) >= 11 is 0. The molecule has 1 saturated carbocycles. The van der Waals surface area contributed by atoms with Gasteiger partial charge in [0, 0.05) is 25.9 Å². The average molecular weight is 237 g/mol. The zero-order valence-corrected chi connectivity index (χ0v) is 10.6. The summed E-state index contributed by atoms with van der Waals surface area (Å²) in [6.45, 7) is 1.92. The third-order valence-electron chi connectivity index (χ3n) is 4.36. The van der Waals surface area contributed by atoms with E-state index < -0.39 is 0 Å². The van der Waals surface area contributed by atoms with Gasteiger partial charge in [-0.25, -0.2) is 0 Å². The van der Waals surface area contributed by atoms with Gasteiger partial charge in [0.1, 0.15) is 6.29 Å². The third-order valence-corrected chi connectivity index (χ3v) is 4.36. The highest BCUT2D eigenvalue weighted by molar-refractivity contribution is 5.76. The molecule has 0 spiro atoms. The molecule has 0 aromatic carbocycles. The maximum atomic E-state index is 12.0. The van der Waals surface area contributed by atoms with Gasteiger partial charge in [0.25, 0.3) is 0 Å². The van der Waals surface area contributed by atoms with Crippen molar-refractivity contribution in [3.05, 3.63) is 0 Å². The van der Waals surface area contributed by atoms with Crippen molar-refractivity contribution in [1.29, 1.82) is 0 Å². The molecule has 1 heterocycles. The number of rotatable bonds is 4. The Morgan fingerprint density at radius 1 is 1.18 bits per heavy atom. The first-order chi connectivity index (χ1) is 8.31. The number of hydrogen-bond acceptors (Lipinski definition) is 2. The van der Waals surface area contributed by atoms with Gasteiger partial charge in [-0.3, -0.25) is 4.79 Å². The molecule has 1 amide bonds. The molecular formula is C14H23NO2. The Hall–Kier alpha value is -0.860. The monoisotopic (exact) mass is 237 g/mol. The molecule has 2 aliphatic rings. The molecule has 0 aromatic heterocycles. The molecule has 0 N–H and O–H groups in total. The van der Waals surface area contributed by atoms with Crippen molar-refractivity contribution >= 4 is 12.2 Å². The third kappa shape index (κ3) is 3.30. The van der Waals surface area contributed by atoms with E-state index in [2.05, 4.69) is 0 Å².